The summed E-state index contributed by atoms with van der Waals surface area (Å²) in [5.74, 6) is 0. The van der Waals surface area contributed by atoms with E-state index in [-0.39, 0.29) is 0 Å². The normalized spacial score (nSPS) is 16.2. The fourth-order valence-corrected chi connectivity index (χ4v) is 1.88. The molecule has 0 bridgehead atoms. The topological polar surface area (TPSA) is 32.3 Å². The van der Waals surface area contributed by atoms with Crippen LogP contribution in [0.1, 0.15) is 12.8 Å². The van der Waals surface area contributed by atoms with E-state index in [1.807, 2.05) is 13.3 Å². The Kier molecular flexibility index (Phi) is 11.5. The molecule has 0 aromatic rings. The van der Waals surface area contributed by atoms with Gasteiger partial charge in [-0.25, -0.2) is 0 Å². The van der Waals surface area contributed by atoms with Crippen molar-refractivity contribution in [3.05, 3.63) is 23.6 Å². The minimum atomic E-state index is 0.708. The van der Waals surface area contributed by atoms with Crippen molar-refractivity contribution in [3.8, 4) is 0 Å². The smallest absolute Gasteiger partial charge is 0.156 e. The lowest BCUT2D eigenvalue weighted by Gasteiger charge is -2.12. The lowest BCUT2D eigenvalue weighted by atomic mass is 10.4. The number of thioether (sulfide) groups is 1. The minimum absolute atomic E-state index is 0.708. The summed E-state index contributed by atoms with van der Waals surface area (Å²) in [4.78, 5) is 13.2. The van der Waals surface area contributed by atoms with Crippen LogP contribution >= 0.6 is 11.8 Å². The Bertz CT molecular complexity index is 236. The minimum Gasteiger partial charge on any atom is -0.318 e. The van der Waals surface area contributed by atoms with E-state index in [0.717, 1.165) is 12.8 Å². The van der Waals surface area contributed by atoms with Crippen LogP contribution in [0.4, 0.5) is 0 Å². The fraction of sp³-hybridized carbons (Fsp3) is 0.615. The molecule has 0 aromatic heterocycles. The molecule has 4 heteroatoms. The van der Waals surface area contributed by atoms with Gasteiger partial charge in [0.15, 0.2) is 6.29 Å². The number of hydrogen-bond donors (Lipinski definition) is 1. The first-order valence-electron chi connectivity index (χ1n) is 5.97. The molecule has 1 heterocycles. The number of aldehydes is 1. The highest BCUT2D eigenvalue weighted by Gasteiger charge is 2.09. The van der Waals surface area contributed by atoms with Gasteiger partial charge in [-0.2, -0.15) is 0 Å². The van der Waals surface area contributed by atoms with Crippen LogP contribution in [0.2, 0.25) is 0 Å². The molecule has 0 atom stereocenters. The average Bonchev–Trinajstić information content (AvgIpc) is 2.87. The molecular formula is C13H24N2OS. The largest absolute Gasteiger partial charge is 0.318 e. The number of hydrogen-bond acceptors (Lipinski definition) is 4. The molecule has 3 nitrogen and oxygen atoms in total. The molecule has 1 aliphatic heterocycles. The fourth-order valence-electron chi connectivity index (χ4n) is 1.55. The van der Waals surface area contributed by atoms with Crippen LogP contribution in [0.5, 0.6) is 0 Å². The Morgan fingerprint density at radius 1 is 1.47 bits per heavy atom. The highest BCUT2D eigenvalue weighted by Crippen LogP contribution is 2.06. The molecule has 0 aliphatic carbocycles. The zero-order valence-electron chi connectivity index (χ0n) is 10.9. The Morgan fingerprint density at radius 3 is 2.47 bits per heavy atom. The van der Waals surface area contributed by atoms with E-state index in [1.165, 1.54) is 44.2 Å². The first-order chi connectivity index (χ1) is 8.28. The second-order valence-electron chi connectivity index (χ2n) is 3.78. The van der Waals surface area contributed by atoms with E-state index in [9.17, 15) is 4.79 Å². The van der Waals surface area contributed by atoms with Crippen LogP contribution in [-0.4, -0.2) is 50.7 Å². The van der Waals surface area contributed by atoms with E-state index in [2.05, 4.69) is 16.8 Å². The third kappa shape index (κ3) is 9.15. The molecule has 17 heavy (non-hydrogen) atoms. The third-order valence-corrected chi connectivity index (χ3v) is 3.21. The summed E-state index contributed by atoms with van der Waals surface area (Å²) in [6.07, 6.45) is 8.75. The summed E-state index contributed by atoms with van der Waals surface area (Å²) < 4.78 is 0. The molecule has 0 amide bonds. The van der Waals surface area contributed by atoms with Crippen molar-refractivity contribution >= 4 is 18.0 Å². The van der Waals surface area contributed by atoms with E-state index in [4.69, 9.17) is 0 Å². The molecule has 0 spiro atoms. The maximum atomic E-state index is 9.99. The molecule has 0 unspecified atom stereocenters. The van der Waals surface area contributed by atoms with Gasteiger partial charge >= 0.3 is 0 Å². The van der Waals surface area contributed by atoms with Gasteiger partial charge in [-0.15, -0.1) is 11.8 Å². The molecular weight excluding hydrogens is 232 g/mol. The first-order valence-corrected chi connectivity index (χ1v) is 7.19. The number of nitrogens with one attached hydrogen (secondary N) is 1. The molecule has 98 valence electrons. The summed E-state index contributed by atoms with van der Waals surface area (Å²) in [5.41, 5.74) is 0. The third-order valence-electron chi connectivity index (χ3n) is 2.51. The van der Waals surface area contributed by atoms with Crippen LogP contribution in [0.3, 0.4) is 0 Å². The van der Waals surface area contributed by atoms with Crippen molar-refractivity contribution < 1.29 is 4.79 Å². The molecule has 1 fully saturated rings. The van der Waals surface area contributed by atoms with Crippen LogP contribution in [-0.2, 0) is 4.79 Å². The van der Waals surface area contributed by atoms with E-state index >= 15 is 0 Å². The highest BCUT2D eigenvalue weighted by atomic mass is 32.2. The van der Waals surface area contributed by atoms with Gasteiger partial charge in [0.05, 0.1) is 0 Å². The molecule has 0 saturated carbocycles. The van der Waals surface area contributed by atoms with Crippen molar-refractivity contribution in [3.63, 3.8) is 0 Å². The summed E-state index contributed by atoms with van der Waals surface area (Å²) in [7, 11) is 2.01. The maximum absolute atomic E-state index is 9.99. The van der Waals surface area contributed by atoms with Gasteiger partial charge in [-0.1, -0.05) is 12.7 Å². The van der Waals surface area contributed by atoms with Gasteiger partial charge in [-0.3, -0.25) is 4.79 Å². The summed E-state index contributed by atoms with van der Waals surface area (Å²) in [6, 6.07) is 0. The second-order valence-corrected chi connectivity index (χ2v) is 4.66. The molecule has 1 rings (SSSR count). The summed E-state index contributed by atoms with van der Waals surface area (Å²) in [5, 5.41) is 3.15. The van der Waals surface area contributed by atoms with E-state index in [0.29, 0.717) is 4.91 Å². The Morgan fingerprint density at radius 2 is 2.12 bits per heavy atom. The first kappa shape index (κ1) is 16.4. The molecule has 0 radical (unpaired) electrons. The zero-order valence-corrected chi connectivity index (χ0v) is 11.8. The van der Waals surface area contributed by atoms with Gasteiger partial charge in [-0.05, 0) is 45.3 Å². The number of carbonyl (C=O) groups excluding carboxylic acids is 1. The average molecular weight is 256 g/mol. The van der Waals surface area contributed by atoms with Gasteiger partial charge < -0.3 is 10.2 Å². The van der Waals surface area contributed by atoms with Gasteiger partial charge in [0.1, 0.15) is 0 Å². The number of carbonyl (C=O) groups is 1. The number of likely N-dealkylation sites (tertiary alicyclic amines) is 1. The van der Waals surface area contributed by atoms with Crippen LogP contribution in [0.15, 0.2) is 23.6 Å². The summed E-state index contributed by atoms with van der Waals surface area (Å²) in [6.45, 7) is 8.46. The van der Waals surface area contributed by atoms with Crippen LogP contribution < -0.4 is 5.32 Å². The van der Waals surface area contributed by atoms with E-state index in [1.54, 1.807) is 12.2 Å². The highest BCUT2D eigenvalue weighted by molar-refractivity contribution is 8.03. The quantitative estimate of drug-likeness (QED) is 0.447. The molecule has 0 aromatic carbocycles. The molecule has 1 aliphatic rings. The van der Waals surface area contributed by atoms with E-state index < -0.39 is 0 Å². The number of rotatable bonds is 6. The Balaban J connectivity index is 0.000000304. The standard InChI is InChI=1S/C7H16N2.C6H8OS/c1-8-4-7-9-5-2-3-6-9;1-3-4-6(5-7)8-2/h8H,2-7H2,1H3;3-5H,1H2,2H3/b;6-4-. The predicted molar refractivity (Wildman–Crippen MR) is 77.5 cm³/mol. The van der Waals surface area contributed by atoms with Crippen molar-refractivity contribution in [2.45, 2.75) is 12.8 Å². The van der Waals surface area contributed by atoms with Crippen molar-refractivity contribution in [1.29, 1.82) is 0 Å². The lowest BCUT2D eigenvalue weighted by Crippen LogP contribution is -2.27. The van der Waals surface area contributed by atoms with Crippen molar-refractivity contribution in [2.24, 2.45) is 0 Å². The molecule has 1 N–H and O–H groups in total. The number of allylic oxidation sites excluding steroid dienone is 3. The monoisotopic (exact) mass is 256 g/mol. The van der Waals surface area contributed by atoms with Gasteiger partial charge in [0.25, 0.3) is 0 Å². The Labute approximate surface area is 109 Å². The van der Waals surface area contributed by atoms with Gasteiger partial charge in [0, 0.05) is 18.0 Å². The maximum Gasteiger partial charge on any atom is 0.156 e. The van der Waals surface area contributed by atoms with Crippen molar-refractivity contribution in [1.82, 2.24) is 10.2 Å². The second kappa shape index (κ2) is 11.9. The van der Waals surface area contributed by atoms with Gasteiger partial charge in [0.2, 0.25) is 0 Å². The molecule has 1 saturated heterocycles. The SMILES string of the molecule is C=C/C=C(/C=O)SC.CNCCN1CCCC1. The van der Waals surface area contributed by atoms with Crippen LogP contribution in [0.25, 0.3) is 0 Å². The summed E-state index contributed by atoms with van der Waals surface area (Å²) >= 11 is 1.42. The number of nitrogens with zero attached hydrogens (tertiary/aromatic N) is 1. The predicted octanol–water partition coefficient (Wildman–Crippen LogP) is 1.92. The Hall–Kier alpha value is -0.580. The zero-order chi connectivity index (χ0) is 12.9. The van der Waals surface area contributed by atoms with Crippen molar-refractivity contribution in [2.75, 3.05) is 39.5 Å². The lowest BCUT2D eigenvalue weighted by molar-refractivity contribution is -0.104. The number of likely N-dealkylation sites (N-methyl/N-ethyl adjacent to an activating group) is 1. The van der Waals surface area contributed by atoms with Crippen LogP contribution in [0, 0.1) is 0 Å².